The third kappa shape index (κ3) is 4.30. The largest absolute Gasteiger partial charge is 0.355 e. The molecule has 0 spiro atoms. The van der Waals surface area contributed by atoms with Crippen LogP contribution in [0, 0.1) is 15.9 Å². The van der Waals surface area contributed by atoms with Crippen molar-refractivity contribution in [1.29, 1.82) is 0 Å². The van der Waals surface area contributed by atoms with E-state index in [0.717, 1.165) is 6.33 Å². The van der Waals surface area contributed by atoms with Gasteiger partial charge in [-0.25, -0.2) is 14.4 Å². The van der Waals surface area contributed by atoms with Crippen LogP contribution in [-0.2, 0) is 0 Å². The van der Waals surface area contributed by atoms with E-state index in [1.807, 2.05) is 0 Å². The summed E-state index contributed by atoms with van der Waals surface area (Å²) in [4.78, 5) is 30.5. The van der Waals surface area contributed by atoms with E-state index in [1.54, 1.807) is 18.2 Å². The lowest BCUT2D eigenvalue weighted by Gasteiger charge is -2.11. The van der Waals surface area contributed by atoms with Crippen LogP contribution in [0.2, 0.25) is 5.02 Å². The van der Waals surface area contributed by atoms with E-state index in [0.29, 0.717) is 5.02 Å². The van der Waals surface area contributed by atoms with Crippen molar-refractivity contribution >= 4 is 40.5 Å². The first-order chi connectivity index (χ1) is 13.5. The average molecular weight is 403 g/mol. The van der Waals surface area contributed by atoms with Gasteiger partial charge in [0.1, 0.15) is 12.1 Å². The summed E-state index contributed by atoms with van der Waals surface area (Å²) in [6.45, 7) is 0. The zero-order chi connectivity index (χ0) is 20.1. The van der Waals surface area contributed by atoms with Crippen molar-refractivity contribution in [1.82, 2.24) is 15.4 Å². The Morgan fingerprint density at radius 2 is 1.86 bits per heavy atom. The smallest absolute Gasteiger partial charge is 0.332 e. The van der Waals surface area contributed by atoms with Gasteiger partial charge in [-0.3, -0.25) is 25.8 Å². The highest BCUT2D eigenvalue weighted by molar-refractivity contribution is 6.30. The molecule has 0 radical (unpaired) electrons. The number of halogens is 2. The molecule has 1 heterocycles. The number of hydrazine groups is 1. The minimum Gasteiger partial charge on any atom is -0.332 e. The summed E-state index contributed by atoms with van der Waals surface area (Å²) in [7, 11) is 0. The van der Waals surface area contributed by atoms with E-state index in [4.69, 9.17) is 11.6 Å². The quantitative estimate of drug-likeness (QED) is 0.424. The van der Waals surface area contributed by atoms with Crippen LogP contribution >= 0.6 is 11.6 Å². The van der Waals surface area contributed by atoms with Gasteiger partial charge in [0.2, 0.25) is 11.6 Å². The second-order valence-electron chi connectivity index (χ2n) is 5.37. The maximum absolute atomic E-state index is 13.8. The van der Waals surface area contributed by atoms with Crippen molar-refractivity contribution < 1.29 is 14.1 Å². The number of carbonyl (C=O) groups is 1. The van der Waals surface area contributed by atoms with Gasteiger partial charge in [0.25, 0.3) is 5.91 Å². The molecule has 0 saturated carbocycles. The molecular formula is C17H12ClFN6O3. The SMILES string of the molecule is O=C(NNc1ncnc(Nc2ccccc2F)c1[N+](=O)[O-])c1cccc(Cl)c1. The number of carbonyl (C=O) groups excluding carboxylic acids is 1. The molecule has 28 heavy (non-hydrogen) atoms. The van der Waals surface area contributed by atoms with Crippen molar-refractivity contribution in [2.45, 2.75) is 0 Å². The highest BCUT2D eigenvalue weighted by atomic mass is 35.5. The van der Waals surface area contributed by atoms with Gasteiger partial charge in [0.15, 0.2) is 0 Å². The number of amides is 1. The molecule has 0 aliphatic carbocycles. The molecule has 0 saturated heterocycles. The number of nitro groups is 1. The summed E-state index contributed by atoms with van der Waals surface area (Å²) in [6, 6.07) is 11.8. The van der Waals surface area contributed by atoms with Crippen LogP contribution in [-0.4, -0.2) is 20.8 Å². The standard InChI is InChI=1S/C17H12ClFN6O3/c18-11-5-3-4-10(8-11)17(26)24-23-16-14(25(27)28)15(20-9-21-16)22-13-7-2-1-6-12(13)19/h1-9H,(H,24,26)(H2,20,21,22,23). The van der Waals surface area contributed by atoms with Crippen molar-refractivity contribution in [3.05, 3.63) is 81.4 Å². The van der Waals surface area contributed by atoms with Gasteiger partial charge in [0, 0.05) is 10.6 Å². The van der Waals surface area contributed by atoms with Crippen molar-refractivity contribution in [2.24, 2.45) is 0 Å². The Labute approximate surface area is 162 Å². The summed E-state index contributed by atoms with van der Waals surface area (Å²) < 4.78 is 13.8. The second kappa shape index (κ2) is 8.27. The number of nitrogens with zero attached hydrogens (tertiary/aromatic N) is 3. The monoisotopic (exact) mass is 402 g/mol. The molecule has 3 N–H and O–H groups in total. The van der Waals surface area contributed by atoms with E-state index in [-0.39, 0.29) is 22.9 Å². The molecule has 2 aromatic carbocycles. The Balaban J connectivity index is 1.84. The van der Waals surface area contributed by atoms with Crippen LogP contribution < -0.4 is 16.2 Å². The average Bonchev–Trinajstić information content (AvgIpc) is 2.67. The van der Waals surface area contributed by atoms with Crippen molar-refractivity contribution in [3.63, 3.8) is 0 Å². The molecule has 1 amide bonds. The van der Waals surface area contributed by atoms with E-state index >= 15 is 0 Å². The van der Waals surface area contributed by atoms with E-state index in [9.17, 15) is 19.3 Å². The highest BCUT2D eigenvalue weighted by Gasteiger charge is 2.24. The molecule has 0 fully saturated rings. The molecule has 11 heteroatoms. The second-order valence-corrected chi connectivity index (χ2v) is 5.81. The molecule has 9 nitrogen and oxygen atoms in total. The predicted octanol–water partition coefficient (Wildman–Crippen LogP) is 3.68. The molecular weight excluding hydrogens is 391 g/mol. The van der Waals surface area contributed by atoms with Crippen LogP contribution in [0.15, 0.2) is 54.9 Å². The number of para-hydroxylation sites is 1. The number of hydrogen-bond donors (Lipinski definition) is 3. The fraction of sp³-hybridized carbons (Fsp3) is 0. The molecule has 3 rings (SSSR count). The van der Waals surface area contributed by atoms with Crippen molar-refractivity contribution in [2.75, 3.05) is 10.7 Å². The predicted molar refractivity (Wildman–Crippen MR) is 101 cm³/mol. The Kier molecular flexibility index (Phi) is 5.61. The molecule has 142 valence electrons. The first-order valence-electron chi connectivity index (χ1n) is 7.78. The van der Waals surface area contributed by atoms with Gasteiger partial charge in [0.05, 0.1) is 10.6 Å². The minimum absolute atomic E-state index is 0.00165. The van der Waals surface area contributed by atoms with Gasteiger partial charge >= 0.3 is 5.69 Å². The summed E-state index contributed by atoms with van der Waals surface area (Å²) in [5.41, 5.74) is 4.34. The van der Waals surface area contributed by atoms with E-state index < -0.39 is 22.3 Å². The summed E-state index contributed by atoms with van der Waals surface area (Å²) >= 11 is 5.83. The first kappa shape index (κ1) is 19.0. The van der Waals surface area contributed by atoms with Crippen molar-refractivity contribution in [3.8, 4) is 0 Å². The van der Waals surface area contributed by atoms with Crippen LogP contribution in [0.1, 0.15) is 10.4 Å². The first-order valence-corrected chi connectivity index (χ1v) is 8.16. The Morgan fingerprint density at radius 3 is 2.57 bits per heavy atom. The van der Waals surface area contributed by atoms with Crippen LogP contribution in [0.25, 0.3) is 0 Å². The lowest BCUT2D eigenvalue weighted by Crippen LogP contribution is -2.30. The molecule has 1 aromatic heterocycles. The molecule has 0 atom stereocenters. The third-order valence-corrected chi connectivity index (χ3v) is 3.75. The van der Waals surface area contributed by atoms with Crippen LogP contribution in [0.5, 0.6) is 0 Å². The maximum Gasteiger partial charge on any atom is 0.355 e. The fourth-order valence-corrected chi connectivity index (χ4v) is 2.43. The van der Waals surface area contributed by atoms with Crippen LogP contribution in [0.4, 0.5) is 27.4 Å². The number of anilines is 3. The van der Waals surface area contributed by atoms with E-state index in [1.165, 1.54) is 30.3 Å². The normalized spacial score (nSPS) is 10.2. The number of benzene rings is 2. The fourth-order valence-electron chi connectivity index (χ4n) is 2.24. The lowest BCUT2D eigenvalue weighted by molar-refractivity contribution is -0.383. The van der Waals surface area contributed by atoms with Gasteiger partial charge in [-0.05, 0) is 30.3 Å². The van der Waals surface area contributed by atoms with Gasteiger partial charge in [-0.15, -0.1) is 0 Å². The number of rotatable bonds is 6. The zero-order valence-electron chi connectivity index (χ0n) is 14.0. The Bertz CT molecular complexity index is 1050. The topological polar surface area (TPSA) is 122 Å². The molecule has 0 aliphatic heterocycles. The zero-order valence-corrected chi connectivity index (χ0v) is 14.8. The third-order valence-electron chi connectivity index (χ3n) is 3.51. The van der Waals surface area contributed by atoms with E-state index in [2.05, 4.69) is 26.1 Å². The Hall–Kier alpha value is -3.79. The number of hydrogen-bond acceptors (Lipinski definition) is 7. The van der Waals surface area contributed by atoms with Gasteiger partial charge in [-0.1, -0.05) is 29.8 Å². The number of aromatic nitrogens is 2. The molecule has 0 unspecified atom stereocenters. The molecule has 0 aliphatic rings. The highest BCUT2D eigenvalue weighted by Crippen LogP contribution is 2.31. The summed E-state index contributed by atoms with van der Waals surface area (Å²) in [5.74, 6) is -1.72. The van der Waals surface area contributed by atoms with Crippen LogP contribution in [0.3, 0.4) is 0 Å². The molecule has 3 aromatic rings. The maximum atomic E-state index is 13.8. The van der Waals surface area contributed by atoms with Gasteiger partial charge in [-0.2, -0.15) is 0 Å². The Morgan fingerprint density at radius 1 is 1.11 bits per heavy atom. The molecule has 0 bridgehead atoms. The minimum atomic E-state index is -0.753. The lowest BCUT2D eigenvalue weighted by atomic mass is 10.2. The number of nitrogens with one attached hydrogen (secondary N) is 3. The summed E-state index contributed by atoms with van der Waals surface area (Å²) in [6.07, 6.45) is 1.03. The van der Waals surface area contributed by atoms with Gasteiger partial charge < -0.3 is 5.32 Å². The summed E-state index contributed by atoms with van der Waals surface area (Å²) in [5, 5.41) is 14.4.